The predicted octanol–water partition coefficient (Wildman–Crippen LogP) is 0.545. The molecule has 0 unspecified atom stereocenters. The summed E-state index contributed by atoms with van der Waals surface area (Å²) >= 11 is 0. The van der Waals surface area contributed by atoms with Gasteiger partial charge < -0.3 is 10.2 Å². The van der Waals surface area contributed by atoms with Gasteiger partial charge in [-0.15, -0.1) is 0 Å². The number of piperidine rings is 1. The first-order chi connectivity index (χ1) is 6.63. The SMILES string of the molecule is C=CC(=O)NC1CCN(C(C)=O)CC1.[HH]. The molecular weight excluding hydrogens is 180 g/mol. The van der Waals surface area contributed by atoms with E-state index < -0.39 is 0 Å². The normalized spacial score (nSPS) is 17.6. The average Bonchev–Trinajstić information content (AvgIpc) is 2.18. The molecule has 0 aromatic rings. The Labute approximate surface area is 85.4 Å². The van der Waals surface area contributed by atoms with Crippen molar-refractivity contribution in [3.63, 3.8) is 0 Å². The van der Waals surface area contributed by atoms with Crippen LogP contribution in [-0.2, 0) is 9.59 Å². The van der Waals surface area contributed by atoms with E-state index in [1.807, 2.05) is 0 Å². The second kappa shape index (κ2) is 4.79. The van der Waals surface area contributed by atoms with E-state index in [9.17, 15) is 9.59 Å². The molecule has 1 fully saturated rings. The topological polar surface area (TPSA) is 49.4 Å². The van der Waals surface area contributed by atoms with E-state index in [1.54, 1.807) is 11.8 Å². The number of likely N-dealkylation sites (tertiary alicyclic amines) is 1. The first-order valence-electron chi connectivity index (χ1n) is 4.82. The summed E-state index contributed by atoms with van der Waals surface area (Å²) in [5.41, 5.74) is 0. The first kappa shape index (κ1) is 10.8. The maximum Gasteiger partial charge on any atom is 0.243 e. The zero-order valence-electron chi connectivity index (χ0n) is 8.45. The molecular formula is C10H18N2O2. The molecule has 0 aliphatic carbocycles. The van der Waals surface area contributed by atoms with Crippen molar-refractivity contribution >= 4 is 11.8 Å². The number of amides is 2. The van der Waals surface area contributed by atoms with Gasteiger partial charge in [-0.2, -0.15) is 0 Å². The van der Waals surface area contributed by atoms with Crippen molar-refractivity contribution in [1.82, 2.24) is 10.2 Å². The number of nitrogens with zero attached hydrogens (tertiary/aromatic N) is 1. The quantitative estimate of drug-likeness (QED) is 0.659. The summed E-state index contributed by atoms with van der Waals surface area (Å²) in [6.07, 6.45) is 2.94. The van der Waals surface area contributed by atoms with Gasteiger partial charge in [0, 0.05) is 27.5 Å². The molecule has 0 radical (unpaired) electrons. The first-order valence-corrected chi connectivity index (χ1v) is 4.82. The molecule has 0 bridgehead atoms. The average molecular weight is 198 g/mol. The molecule has 80 valence electrons. The Morgan fingerprint density at radius 3 is 2.50 bits per heavy atom. The molecule has 14 heavy (non-hydrogen) atoms. The van der Waals surface area contributed by atoms with Crippen LogP contribution in [0.15, 0.2) is 12.7 Å². The highest BCUT2D eigenvalue weighted by molar-refractivity contribution is 5.87. The van der Waals surface area contributed by atoms with Crippen molar-refractivity contribution in [3.8, 4) is 0 Å². The van der Waals surface area contributed by atoms with E-state index in [1.165, 1.54) is 6.08 Å². The summed E-state index contributed by atoms with van der Waals surface area (Å²) in [6, 6.07) is 0.191. The van der Waals surface area contributed by atoms with Gasteiger partial charge in [0.25, 0.3) is 0 Å². The minimum atomic E-state index is -0.133. The molecule has 1 heterocycles. The maximum atomic E-state index is 11.0. The van der Waals surface area contributed by atoms with Gasteiger partial charge in [0.1, 0.15) is 0 Å². The fraction of sp³-hybridized carbons (Fsp3) is 0.600. The number of hydrogen-bond donors (Lipinski definition) is 1. The van der Waals surface area contributed by atoms with Crippen molar-refractivity contribution in [3.05, 3.63) is 12.7 Å². The summed E-state index contributed by atoms with van der Waals surface area (Å²) in [7, 11) is 0. The van der Waals surface area contributed by atoms with Crippen LogP contribution in [0.1, 0.15) is 21.2 Å². The Bertz CT molecular complexity index is 248. The minimum Gasteiger partial charge on any atom is -0.350 e. The molecule has 1 rings (SSSR count). The Morgan fingerprint density at radius 1 is 1.50 bits per heavy atom. The lowest BCUT2D eigenvalue weighted by Crippen LogP contribution is -2.45. The highest BCUT2D eigenvalue weighted by Crippen LogP contribution is 2.09. The highest BCUT2D eigenvalue weighted by atomic mass is 16.2. The summed E-state index contributed by atoms with van der Waals surface area (Å²) in [6.45, 7) is 6.43. The van der Waals surface area contributed by atoms with Crippen molar-refractivity contribution in [1.29, 1.82) is 0 Å². The van der Waals surface area contributed by atoms with E-state index in [-0.39, 0.29) is 19.3 Å². The van der Waals surface area contributed by atoms with Crippen LogP contribution in [0.5, 0.6) is 0 Å². The fourth-order valence-electron chi connectivity index (χ4n) is 1.60. The summed E-state index contributed by atoms with van der Waals surface area (Å²) in [4.78, 5) is 23.8. The smallest absolute Gasteiger partial charge is 0.243 e. The Kier molecular flexibility index (Phi) is 3.68. The van der Waals surface area contributed by atoms with Crippen LogP contribution < -0.4 is 5.32 Å². The van der Waals surface area contributed by atoms with Gasteiger partial charge in [-0.25, -0.2) is 0 Å². The molecule has 0 atom stereocenters. The molecule has 4 nitrogen and oxygen atoms in total. The Balaban J connectivity index is 0.00000196. The molecule has 1 aliphatic rings. The van der Waals surface area contributed by atoms with E-state index in [0.717, 1.165) is 25.9 Å². The molecule has 2 amide bonds. The van der Waals surface area contributed by atoms with Gasteiger partial charge in [-0.1, -0.05) is 6.58 Å². The van der Waals surface area contributed by atoms with E-state index >= 15 is 0 Å². The molecule has 1 N–H and O–H groups in total. The zero-order valence-corrected chi connectivity index (χ0v) is 8.45. The van der Waals surface area contributed by atoms with Gasteiger partial charge in [-0.3, -0.25) is 9.59 Å². The number of carbonyl (C=O) groups excluding carboxylic acids is 2. The summed E-state index contributed by atoms with van der Waals surface area (Å²) in [5.74, 6) is -0.0234. The lowest BCUT2D eigenvalue weighted by Gasteiger charge is -2.31. The number of hydrogen-bond acceptors (Lipinski definition) is 2. The van der Waals surface area contributed by atoms with Crippen molar-refractivity contribution in [2.75, 3.05) is 13.1 Å². The molecule has 1 aliphatic heterocycles. The van der Waals surface area contributed by atoms with Crippen molar-refractivity contribution in [2.45, 2.75) is 25.8 Å². The van der Waals surface area contributed by atoms with Gasteiger partial charge in [0.2, 0.25) is 11.8 Å². The molecule has 4 heteroatoms. The Hall–Kier alpha value is -1.32. The monoisotopic (exact) mass is 198 g/mol. The van der Waals surface area contributed by atoms with Crippen molar-refractivity contribution < 1.29 is 11.0 Å². The number of rotatable bonds is 2. The molecule has 0 spiro atoms. The Morgan fingerprint density at radius 2 is 2.07 bits per heavy atom. The maximum absolute atomic E-state index is 11.0. The third-order valence-electron chi connectivity index (χ3n) is 2.47. The largest absolute Gasteiger partial charge is 0.350 e. The standard InChI is InChI=1S/C10H16N2O2.H2/c1-3-10(14)11-9-4-6-12(7-5-9)8(2)13;/h3,9H,1,4-7H2,2H3,(H,11,14);1H. The van der Waals surface area contributed by atoms with Crippen molar-refractivity contribution in [2.24, 2.45) is 0 Å². The van der Waals surface area contributed by atoms with Crippen LogP contribution in [-0.4, -0.2) is 35.8 Å². The van der Waals surface area contributed by atoms with Crippen LogP contribution in [0.25, 0.3) is 0 Å². The zero-order chi connectivity index (χ0) is 10.6. The third kappa shape index (κ3) is 2.87. The lowest BCUT2D eigenvalue weighted by molar-refractivity contribution is -0.129. The van der Waals surface area contributed by atoms with Crippen LogP contribution in [0, 0.1) is 0 Å². The molecule has 0 aromatic carbocycles. The minimum absolute atomic E-state index is 0. The van der Waals surface area contributed by atoms with E-state index in [0.29, 0.717) is 0 Å². The lowest BCUT2D eigenvalue weighted by atomic mass is 10.1. The van der Waals surface area contributed by atoms with Gasteiger partial charge in [0.05, 0.1) is 0 Å². The molecule has 0 saturated carbocycles. The van der Waals surface area contributed by atoms with Crippen LogP contribution >= 0.6 is 0 Å². The van der Waals surface area contributed by atoms with E-state index in [2.05, 4.69) is 11.9 Å². The van der Waals surface area contributed by atoms with Gasteiger partial charge in [-0.05, 0) is 18.9 Å². The van der Waals surface area contributed by atoms with E-state index in [4.69, 9.17) is 0 Å². The second-order valence-electron chi connectivity index (χ2n) is 3.49. The molecule has 1 saturated heterocycles. The third-order valence-corrected chi connectivity index (χ3v) is 2.47. The van der Waals surface area contributed by atoms with Gasteiger partial charge >= 0.3 is 0 Å². The molecule has 0 aromatic heterocycles. The number of nitrogens with one attached hydrogen (secondary N) is 1. The number of carbonyl (C=O) groups is 2. The predicted molar refractivity (Wildman–Crippen MR) is 55.7 cm³/mol. The van der Waals surface area contributed by atoms with Crippen LogP contribution in [0.2, 0.25) is 0 Å². The van der Waals surface area contributed by atoms with Gasteiger partial charge in [0.15, 0.2) is 0 Å². The van der Waals surface area contributed by atoms with Crippen LogP contribution in [0.4, 0.5) is 0 Å². The van der Waals surface area contributed by atoms with Crippen LogP contribution in [0.3, 0.4) is 0 Å². The summed E-state index contributed by atoms with van der Waals surface area (Å²) < 4.78 is 0. The second-order valence-corrected chi connectivity index (χ2v) is 3.49. The summed E-state index contributed by atoms with van der Waals surface area (Å²) in [5, 5.41) is 2.83. The highest BCUT2D eigenvalue weighted by Gasteiger charge is 2.20. The fourth-order valence-corrected chi connectivity index (χ4v) is 1.60.